The van der Waals surface area contributed by atoms with Gasteiger partial charge < -0.3 is 10.6 Å². The molecule has 6 heteroatoms. The van der Waals surface area contributed by atoms with Crippen LogP contribution in [0.4, 0.5) is 10.2 Å². The van der Waals surface area contributed by atoms with Crippen molar-refractivity contribution in [2.75, 3.05) is 11.9 Å². The van der Waals surface area contributed by atoms with Gasteiger partial charge in [-0.15, -0.1) is 0 Å². The van der Waals surface area contributed by atoms with Gasteiger partial charge in [0, 0.05) is 18.7 Å². The molecule has 1 heterocycles. The molecule has 0 atom stereocenters. The van der Waals surface area contributed by atoms with Crippen LogP contribution in [-0.4, -0.2) is 28.5 Å². The zero-order valence-corrected chi connectivity index (χ0v) is 13.0. The van der Waals surface area contributed by atoms with E-state index in [1.165, 1.54) is 12.1 Å². The van der Waals surface area contributed by atoms with E-state index in [-0.39, 0.29) is 11.7 Å². The Balaban J connectivity index is 1.56. The van der Waals surface area contributed by atoms with Gasteiger partial charge in [-0.05, 0) is 43.9 Å². The fourth-order valence-corrected chi connectivity index (χ4v) is 2.26. The third kappa shape index (κ3) is 4.48. The molecule has 0 radical (unpaired) electrons. The third-order valence-electron chi connectivity index (χ3n) is 3.61. The summed E-state index contributed by atoms with van der Waals surface area (Å²) in [5.74, 6) is 0.782. The summed E-state index contributed by atoms with van der Waals surface area (Å²) >= 11 is 0. The second-order valence-electron chi connectivity index (χ2n) is 5.74. The van der Waals surface area contributed by atoms with Gasteiger partial charge in [0.25, 0.3) is 5.91 Å². The minimum atomic E-state index is -0.259. The van der Waals surface area contributed by atoms with Crippen molar-refractivity contribution in [2.45, 2.75) is 32.2 Å². The van der Waals surface area contributed by atoms with Crippen LogP contribution in [0, 0.1) is 12.7 Å². The Labute approximate surface area is 134 Å². The van der Waals surface area contributed by atoms with Crippen molar-refractivity contribution in [1.29, 1.82) is 0 Å². The number of anilines is 1. The van der Waals surface area contributed by atoms with E-state index in [1.807, 2.05) is 0 Å². The summed E-state index contributed by atoms with van der Waals surface area (Å²) in [5, 5.41) is 6.11. The highest BCUT2D eigenvalue weighted by atomic mass is 19.1. The molecule has 3 rings (SSSR count). The number of aromatic nitrogens is 2. The average Bonchev–Trinajstić information content (AvgIpc) is 3.32. The predicted octanol–water partition coefficient (Wildman–Crippen LogP) is 2.47. The molecule has 5 nitrogen and oxygen atoms in total. The summed E-state index contributed by atoms with van der Waals surface area (Å²) in [7, 11) is 0. The largest absolute Gasteiger partial charge is 0.367 e. The van der Waals surface area contributed by atoms with Gasteiger partial charge in [-0.25, -0.2) is 14.4 Å². The first-order chi connectivity index (χ1) is 11.1. The molecule has 1 saturated carbocycles. The summed E-state index contributed by atoms with van der Waals surface area (Å²) < 4.78 is 12.8. The summed E-state index contributed by atoms with van der Waals surface area (Å²) in [6, 6.07) is 8.42. The van der Waals surface area contributed by atoms with Crippen molar-refractivity contribution < 1.29 is 9.18 Å². The smallest absolute Gasteiger partial charge is 0.270 e. The third-order valence-corrected chi connectivity index (χ3v) is 3.61. The Bertz CT molecular complexity index is 698. The first kappa shape index (κ1) is 15.4. The molecule has 1 fully saturated rings. The highest BCUT2D eigenvalue weighted by molar-refractivity contribution is 5.92. The van der Waals surface area contributed by atoms with Crippen molar-refractivity contribution >= 4 is 11.7 Å². The Morgan fingerprint density at radius 3 is 2.70 bits per heavy atom. The molecule has 0 saturated heterocycles. The molecule has 1 aromatic heterocycles. The van der Waals surface area contributed by atoms with Crippen molar-refractivity contribution in [1.82, 2.24) is 15.3 Å². The number of hydrogen-bond acceptors (Lipinski definition) is 4. The molecule has 1 amide bonds. The summed E-state index contributed by atoms with van der Waals surface area (Å²) in [6.07, 6.45) is 2.92. The maximum absolute atomic E-state index is 12.8. The number of rotatable bonds is 6. The Kier molecular flexibility index (Phi) is 4.50. The van der Waals surface area contributed by atoms with E-state index < -0.39 is 0 Å². The van der Waals surface area contributed by atoms with Crippen LogP contribution in [0.1, 0.15) is 34.7 Å². The molecule has 0 unspecified atom stereocenters. The first-order valence-electron chi connectivity index (χ1n) is 7.75. The van der Waals surface area contributed by atoms with Crippen LogP contribution < -0.4 is 10.6 Å². The monoisotopic (exact) mass is 314 g/mol. The van der Waals surface area contributed by atoms with Gasteiger partial charge in [-0.2, -0.15) is 0 Å². The van der Waals surface area contributed by atoms with Gasteiger partial charge in [0.05, 0.1) is 0 Å². The van der Waals surface area contributed by atoms with Crippen LogP contribution >= 0.6 is 0 Å². The van der Waals surface area contributed by atoms with Gasteiger partial charge in [-0.1, -0.05) is 12.1 Å². The van der Waals surface area contributed by atoms with E-state index >= 15 is 0 Å². The lowest BCUT2D eigenvalue weighted by atomic mass is 10.1. The molecule has 0 spiro atoms. The van der Waals surface area contributed by atoms with E-state index in [9.17, 15) is 9.18 Å². The fraction of sp³-hybridized carbons (Fsp3) is 0.353. The van der Waals surface area contributed by atoms with Crippen LogP contribution in [0.25, 0.3) is 0 Å². The maximum Gasteiger partial charge on any atom is 0.270 e. The lowest BCUT2D eigenvalue weighted by molar-refractivity contribution is 0.0949. The zero-order chi connectivity index (χ0) is 16.2. The Morgan fingerprint density at radius 1 is 1.26 bits per heavy atom. The van der Waals surface area contributed by atoms with E-state index in [2.05, 4.69) is 20.6 Å². The van der Waals surface area contributed by atoms with E-state index in [0.717, 1.165) is 18.4 Å². The molecule has 0 bridgehead atoms. The first-order valence-corrected chi connectivity index (χ1v) is 7.75. The van der Waals surface area contributed by atoms with E-state index in [1.54, 1.807) is 25.1 Å². The van der Waals surface area contributed by atoms with Crippen LogP contribution in [0.15, 0.2) is 30.3 Å². The van der Waals surface area contributed by atoms with Gasteiger partial charge in [0.2, 0.25) is 0 Å². The van der Waals surface area contributed by atoms with Crippen molar-refractivity contribution in [3.8, 4) is 0 Å². The topological polar surface area (TPSA) is 66.9 Å². The number of aryl methyl sites for hydroxylation is 1. The van der Waals surface area contributed by atoms with Crippen molar-refractivity contribution in [3.63, 3.8) is 0 Å². The molecule has 1 aliphatic rings. The van der Waals surface area contributed by atoms with Crippen LogP contribution in [0.2, 0.25) is 0 Å². The highest BCUT2D eigenvalue weighted by Crippen LogP contribution is 2.23. The summed E-state index contributed by atoms with van der Waals surface area (Å²) in [6.45, 7) is 2.24. The molecule has 1 aliphatic carbocycles. The quantitative estimate of drug-likeness (QED) is 0.859. The second-order valence-corrected chi connectivity index (χ2v) is 5.74. The fourth-order valence-electron chi connectivity index (χ4n) is 2.26. The molecular formula is C17H19FN4O. The SMILES string of the molecule is Cc1nc(NC2CC2)cc(C(=O)NCCc2ccc(F)cc2)n1. The predicted molar refractivity (Wildman–Crippen MR) is 85.9 cm³/mol. The highest BCUT2D eigenvalue weighted by Gasteiger charge is 2.22. The number of halogens is 1. The molecular weight excluding hydrogens is 295 g/mol. The molecule has 23 heavy (non-hydrogen) atoms. The molecule has 0 aliphatic heterocycles. The van der Waals surface area contributed by atoms with Crippen LogP contribution in [-0.2, 0) is 6.42 Å². The van der Waals surface area contributed by atoms with E-state index in [4.69, 9.17) is 0 Å². The van der Waals surface area contributed by atoms with Crippen molar-refractivity contribution in [3.05, 3.63) is 53.2 Å². The zero-order valence-electron chi connectivity index (χ0n) is 13.0. The standard InChI is InChI=1S/C17H19FN4O/c1-11-20-15(10-16(21-11)22-14-6-7-14)17(23)19-9-8-12-2-4-13(18)5-3-12/h2-5,10,14H,6-9H2,1H3,(H,19,23)(H,20,21,22). The van der Waals surface area contributed by atoms with Gasteiger partial charge >= 0.3 is 0 Å². The van der Waals surface area contributed by atoms with Gasteiger partial charge in [-0.3, -0.25) is 4.79 Å². The van der Waals surface area contributed by atoms with Crippen LogP contribution in [0.5, 0.6) is 0 Å². The number of nitrogens with one attached hydrogen (secondary N) is 2. The normalized spacial score (nSPS) is 13.7. The van der Waals surface area contributed by atoms with Crippen LogP contribution in [0.3, 0.4) is 0 Å². The molecule has 1 aromatic carbocycles. The number of hydrogen-bond donors (Lipinski definition) is 2. The molecule has 120 valence electrons. The second kappa shape index (κ2) is 6.73. The average molecular weight is 314 g/mol. The maximum atomic E-state index is 12.8. The Morgan fingerprint density at radius 2 is 2.00 bits per heavy atom. The number of carbonyl (C=O) groups is 1. The lowest BCUT2D eigenvalue weighted by Gasteiger charge is -2.08. The number of amides is 1. The minimum Gasteiger partial charge on any atom is -0.367 e. The van der Waals surface area contributed by atoms with Crippen molar-refractivity contribution in [2.24, 2.45) is 0 Å². The number of benzene rings is 1. The van der Waals surface area contributed by atoms with E-state index in [0.29, 0.717) is 36.3 Å². The van der Waals surface area contributed by atoms with Gasteiger partial charge in [0.15, 0.2) is 0 Å². The molecule has 2 aromatic rings. The molecule has 2 N–H and O–H groups in total. The summed E-state index contributed by atoms with van der Waals surface area (Å²) in [4.78, 5) is 20.7. The Hall–Kier alpha value is -2.50. The minimum absolute atomic E-state index is 0.226. The number of carbonyl (C=O) groups excluding carboxylic acids is 1. The summed E-state index contributed by atoms with van der Waals surface area (Å²) in [5.41, 5.74) is 1.33. The lowest BCUT2D eigenvalue weighted by Crippen LogP contribution is -2.27. The number of nitrogens with zero attached hydrogens (tertiary/aromatic N) is 2. The van der Waals surface area contributed by atoms with Gasteiger partial charge in [0.1, 0.15) is 23.2 Å².